The summed E-state index contributed by atoms with van der Waals surface area (Å²) >= 11 is 0. The summed E-state index contributed by atoms with van der Waals surface area (Å²) in [5.41, 5.74) is 3.44. The number of anilines is 1. The maximum atomic E-state index is 12.0. The molecule has 2 aromatic rings. The maximum absolute atomic E-state index is 12.0. The van der Waals surface area contributed by atoms with Crippen molar-refractivity contribution in [3.8, 4) is 0 Å². The molecule has 0 aliphatic rings. The molecule has 2 aromatic carbocycles. The molecule has 0 aliphatic carbocycles. The van der Waals surface area contributed by atoms with E-state index in [1.807, 2.05) is 26.0 Å². The molecule has 2 rings (SSSR count). The number of benzene rings is 2. The monoisotopic (exact) mass is 312 g/mol. The highest BCUT2D eigenvalue weighted by Crippen LogP contribution is 2.15. The second-order valence-corrected chi connectivity index (χ2v) is 5.37. The normalized spacial score (nSPS) is 11.6. The number of aryl methyl sites for hydroxylation is 2. The Bertz CT molecular complexity index is 699. The van der Waals surface area contributed by atoms with Gasteiger partial charge in [0.15, 0.2) is 0 Å². The van der Waals surface area contributed by atoms with Gasteiger partial charge in [-0.1, -0.05) is 36.4 Å². The van der Waals surface area contributed by atoms with E-state index < -0.39 is 17.9 Å². The van der Waals surface area contributed by atoms with Crippen molar-refractivity contribution in [1.82, 2.24) is 5.32 Å². The summed E-state index contributed by atoms with van der Waals surface area (Å²) in [6, 6.07) is 13.8. The number of aliphatic hydroxyl groups excluding tert-OH is 1. The van der Waals surface area contributed by atoms with Gasteiger partial charge < -0.3 is 15.7 Å². The van der Waals surface area contributed by atoms with Crippen molar-refractivity contribution in [2.75, 3.05) is 11.9 Å². The highest BCUT2D eigenvalue weighted by atomic mass is 16.3. The third-order valence-corrected chi connectivity index (χ3v) is 3.66. The third-order valence-electron chi connectivity index (χ3n) is 3.66. The van der Waals surface area contributed by atoms with E-state index in [0.717, 1.165) is 16.7 Å². The molecule has 0 aromatic heterocycles. The molecule has 0 fully saturated rings. The Morgan fingerprint density at radius 1 is 1.00 bits per heavy atom. The van der Waals surface area contributed by atoms with E-state index in [-0.39, 0.29) is 6.61 Å². The first kappa shape index (κ1) is 16.7. The van der Waals surface area contributed by atoms with Crippen LogP contribution in [0.4, 0.5) is 5.69 Å². The van der Waals surface area contributed by atoms with Crippen molar-refractivity contribution in [2.24, 2.45) is 0 Å². The number of nitrogens with one attached hydrogen (secondary N) is 2. The van der Waals surface area contributed by atoms with Crippen LogP contribution in [0.3, 0.4) is 0 Å². The molecule has 1 atom stereocenters. The van der Waals surface area contributed by atoms with E-state index in [0.29, 0.717) is 5.69 Å². The minimum absolute atomic E-state index is 0.285. The van der Waals surface area contributed by atoms with Gasteiger partial charge >= 0.3 is 11.8 Å². The fraction of sp³-hybridized carbons (Fsp3) is 0.222. The Labute approximate surface area is 135 Å². The van der Waals surface area contributed by atoms with Crippen LogP contribution in [0.1, 0.15) is 22.7 Å². The Kier molecular flexibility index (Phi) is 5.49. The van der Waals surface area contributed by atoms with Crippen LogP contribution in [0.5, 0.6) is 0 Å². The molecule has 0 heterocycles. The average molecular weight is 312 g/mol. The number of rotatable bonds is 4. The molecule has 1 unspecified atom stereocenters. The third kappa shape index (κ3) is 4.40. The molecular formula is C18H20N2O3. The Balaban J connectivity index is 2.01. The Morgan fingerprint density at radius 2 is 1.70 bits per heavy atom. The summed E-state index contributed by atoms with van der Waals surface area (Å²) in [6.07, 6.45) is 0. The van der Waals surface area contributed by atoms with Gasteiger partial charge in [0.05, 0.1) is 12.6 Å². The zero-order chi connectivity index (χ0) is 16.8. The van der Waals surface area contributed by atoms with Crippen LogP contribution >= 0.6 is 0 Å². The summed E-state index contributed by atoms with van der Waals surface area (Å²) in [5.74, 6) is -1.55. The van der Waals surface area contributed by atoms with Crippen LogP contribution in [0.2, 0.25) is 0 Å². The zero-order valence-corrected chi connectivity index (χ0v) is 13.2. The van der Waals surface area contributed by atoms with Crippen LogP contribution in [-0.4, -0.2) is 23.5 Å². The minimum Gasteiger partial charge on any atom is -0.394 e. The molecule has 0 saturated heterocycles. The number of aliphatic hydroxyl groups is 1. The predicted octanol–water partition coefficient (Wildman–Crippen LogP) is 2.09. The quantitative estimate of drug-likeness (QED) is 0.757. The van der Waals surface area contributed by atoms with Gasteiger partial charge in [0.25, 0.3) is 0 Å². The lowest BCUT2D eigenvalue weighted by atomic mass is 10.1. The van der Waals surface area contributed by atoms with Gasteiger partial charge in [0, 0.05) is 5.69 Å². The number of carbonyl (C=O) groups excluding carboxylic acids is 2. The smallest absolute Gasteiger partial charge is 0.313 e. The lowest BCUT2D eigenvalue weighted by Gasteiger charge is -2.16. The first-order valence-electron chi connectivity index (χ1n) is 7.36. The predicted molar refractivity (Wildman–Crippen MR) is 89.0 cm³/mol. The van der Waals surface area contributed by atoms with Crippen molar-refractivity contribution in [1.29, 1.82) is 0 Å². The van der Waals surface area contributed by atoms with E-state index in [9.17, 15) is 14.7 Å². The summed E-state index contributed by atoms with van der Waals surface area (Å²) < 4.78 is 0. The van der Waals surface area contributed by atoms with Crippen molar-refractivity contribution >= 4 is 17.5 Å². The van der Waals surface area contributed by atoms with Crippen LogP contribution in [0.15, 0.2) is 48.5 Å². The van der Waals surface area contributed by atoms with E-state index in [1.165, 1.54) is 0 Å². The van der Waals surface area contributed by atoms with Gasteiger partial charge in [-0.05, 0) is 42.7 Å². The van der Waals surface area contributed by atoms with Crippen LogP contribution in [-0.2, 0) is 9.59 Å². The number of carbonyl (C=O) groups is 2. The summed E-state index contributed by atoms with van der Waals surface area (Å²) in [7, 11) is 0. The highest BCUT2D eigenvalue weighted by Gasteiger charge is 2.19. The second-order valence-electron chi connectivity index (χ2n) is 5.37. The molecule has 2 amide bonds. The molecule has 5 nitrogen and oxygen atoms in total. The van der Waals surface area contributed by atoms with Crippen LogP contribution < -0.4 is 10.6 Å². The SMILES string of the molecule is Cc1ccc(NC(=O)C(=O)NC(CO)c2ccccc2)cc1C. The van der Waals surface area contributed by atoms with Crippen molar-refractivity contribution < 1.29 is 14.7 Å². The first-order valence-corrected chi connectivity index (χ1v) is 7.36. The minimum atomic E-state index is -0.786. The van der Waals surface area contributed by atoms with Crippen molar-refractivity contribution in [2.45, 2.75) is 19.9 Å². The molecule has 0 aliphatic heterocycles. The van der Waals surface area contributed by atoms with Gasteiger partial charge in [-0.25, -0.2) is 0 Å². The molecule has 5 heteroatoms. The fourth-order valence-corrected chi connectivity index (χ4v) is 2.15. The molecule has 0 radical (unpaired) electrons. The van der Waals surface area contributed by atoms with E-state index in [4.69, 9.17) is 0 Å². The van der Waals surface area contributed by atoms with Gasteiger partial charge in [0.2, 0.25) is 0 Å². The topological polar surface area (TPSA) is 78.4 Å². The van der Waals surface area contributed by atoms with Gasteiger partial charge in [-0.2, -0.15) is 0 Å². The summed E-state index contributed by atoms with van der Waals surface area (Å²) in [5, 5.41) is 14.5. The first-order chi connectivity index (χ1) is 11.0. The van der Waals surface area contributed by atoms with Crippen LogP contribution in [0.25, 0.3) is 0 Å². The van der Waals surface area contributed by atoms with Crippen molar-refractivity contribution in [3.05, 3.63) is 65.2 Å². The molecule has 0 spiro atoms. The number of hydrogen-bond donors (Lipinski definition) is 3. The summed E-state index contributed by atoms with van der Waals surface area (Å²) in [4.78, 5) is 24.0. The molecule has 120 valence electrons. The summed E-state index contributed by atoms with van der Waals surface area (Å²) in [6.45, 7) is 3.62. The zero-order valence-electron chi connectivity index (χ0n) is 13.2. The van der Waals surface area contributed by atoms with Crippen LogP contribution in [0, 0.1) is 13.8 Å². The molecule has 0 bridgehead atoms. The Morgan fingerprint density at radius 3 is 2.30 bits per heavy atom. The lowest BCUT2D eigenvalue weighted by Crippen LogP contribution is -2.39. The van der Waals surface area contributed by atoms with E-state index >= 15 is 0 Å². The highest BCUT2D eigenvalue weighted by molar-refractivity contribution is 6.39. The van der Waals surface area contributed by atoms with Crippen molar-refractivity contribution in [3.63, 3.8) is 0 Å². The molecule has 23 heavy (non-hydrogen) atoms. The van der Waals surface area contributed by atoms with Gasteiger partial charge in [0.1, 0.15) is 0 Å². The number of hydrogen-bond acceptors (Lipinski definition) is 3. The standard InChI is InChI=1S/C18H20N2O3/c1-12-8-9-15(10-13(12)2)19-17(22)18(23)20-16(11-21)14-6-4-3-5-7-14/h3-10,16,21H,11H2,1-2H3,(H,19,22)(H,20,23). The average Bonchev–Trinajstić information content (AvgIpc) is 2.56. The van der Waals surface area contributed by atoms with Gasteiger partial charge in [-0.3, -0.25) is 9.59 Å². The molecule has 3 N–H and O–H groups in total. The lowest BCUT2D eigenvalue weighted by molar-refractivity contribution is -0.136. The number of amides is 2. The molecular weight excluding hydrogens is 292 g/mol. The maximum Gasteiger partial charge on any atom is 0.313 e. The fourth-order valence-electron chi connectivity index (χ4n) is 2.15. The second kappa shape index (κ2) is 7.56. The van der Waals surface area contributed by atoms with Gasteiger partial charge in [-0.15, -0.1) is 0 Å². The van der Waals surface area contributed by atoms with E-state index in [2.05, 4.69) is 10.6 Å². The van der Waals surface area contributed by atoms with E-state index in [1.54, 1.807) is 36.4 Å². The Hall–Kier alpha value is -2.66. The molecule has 0 saturated carbocycles. The largest absolute Gasteiger partial charge is 0.394 e.